The van der Waals surface area contributed by atoms with Crippen LogP contribution in [0.1, 0.15) is 32.3 Å². The summed E-state index contributed by atoms with van der Waals surface area (Å²) in [5, 5.41) is 0. The van der Waals surface area contributed by atoms with Crippen LogP contribution in [-0.4, -0.2) is 50.5 Å². The molecule has 0 radical (unpaired) electrons. The van der Waals surface area contributed by atoms with Crippen LogP contribution in [0.25, 0.3) is 0 Å². The molecule has 148 valence electrons. The maximum absolute atomic E-state index is 13.0. The maximum atomic E-state index is 13.0. The van der Waals surface area contributed by atoms with Gasteiger partial charge < -0.3 is 9.47 Å². The molecule has 0 spiro atoms. The molecule has 1 aliphatic carbocycles. The average Bonchev–Trinajstić information content (AvgIpc) is 3.22. The van der Waals surface area contributed by atoms with Crippen molar-refractivity contribution in [1.29, 1.82) is 0 Å². The number of sulfonamides is 1. The van der Waals surface area contributed by atoms with E-state index in [0.29, 0.717) is 6.42 Å². The third-order valence-electron chi connectivity index (χ3n) is 5.53. The van der Waals surface area contributed by atoms with Gasteiger partial charge in [-0.25, -0.2) is 8.42 Å². The number of nitrogens with zero attached hydrogens (tertiary/aromatic N) is 1. The molecule has 0 N–H and O–H groups in total. The number of aryl methyl sites for hydroxylation is 1. The molecule has 27 heavy (non-hydrogen) atoms. The van der Waals surface area contributed by atoms with Crippen LogP contribution >= 0.6 is 0 Å². The number of carbonyl (C=O) groups excluding carboxylic acids is 2. The number of hydrogen-bond donors (Lipinski definition) is 0. The molecule has 0 amide bonds. The maximum Gasteiger partial charge on any atom is 0.323 e. The van der Waals surface area contributed by atoms with Crippen molar-refractivity contribution in [2.45, 2.75) is 44.6 Å². The number of hydrogen-bond acceptors (Lipinski definition) is 6. The van der Waals surface area contributed by atoms with E-state index < -0.39 is 39.3 Å². The first-order valence-electron chi connectivity index (χ1n) is 9.20. The number of carbonyl (C=O) groups is 2. The Hall–Kier alpha value is -1.93. The molecule has 2 fully saturated rings. The summed E-state index contributed by atoms with van der Waals surface area (Å²) in [6, 6.07) is 6.25. The van der Waals surface area contributed by atoms with Gasteiger partial charge in [-0.3, -0.25) is 9.59 Å². The molecule has 2 atom stereocenters. The Morgan fingerprint density at radius 3 is 2.11 bits per heavy atom. The summed E-state index contributed by atoms with van der Waals surface area (Å²) in [5.74, 6) is -1.66. The van der Waals surface area contributed by atoms with Crippen molar-refractivity contribution in [3.05, 3.63) is 29.8 Å². The Labute approximate surface area is 159 Å². The van der Waals surface area contributed by atoms with Crippen molar-refractivity contribution in [1.82, 2.24) is 4.31 Å². The van der Waals surface area contributed by atoms with Gasteiger partial charge in [-0.2, -0.15) is 4.31 Å². The molecule has 7 nitrogen and oxygen atoms in total. The van der Waals surface area contributed by atoms with Crippen LogP contribution in [0.3, 0.4) is 0 Å². The highest BCUT2D eigenvalue weighted by atomic mass is 32.2. The van der Waals surface area contributed by atoms with Crippen LogP contribution < -0.4 is 0 Å². The van der Waals surface area contributed by atoms with Crippen molar-refractivity contribution in [2.24, 2.45) is 11.3 Å². The smallest absolute Gasteiger partial charge is 0.323 e. The molecule has 1 heterocycles. The number of benzene rings is 1. The van der Waals surface area contributed by atoms with Gasteiger partial charge in [0.15, 0.2) is 5.41 Å². The largest absolute Gasteiger partial charge is 0.465 e. The lowest BCUT2D eigenvalue weighted by Gasteiger charge is -2.36. The van der Waals surface area contributed by atoms with Gasteiger partial charge >= 0.3 is 11.9 Å². The first-order chi connectivity index (χ1) is 12.8. The van der Waals surface area contributed by atoms with Gasteiger partial charge in [0.05, 0.1) is 18.1 Å². The van der Waals surface area contributed by atoms with E-state index in [1.165, 1.54) is 4.31 Å². The van der Waals surface area contributed by atoms with Crippen LogP contribution in [-0.2, 0) is 29.1 Å². The number of fused-ring (bicyclic) bond motifs is 2. The van der Waals surface area contributed by atoms with Crippen molar-refractivity contribution in [3.63, 3.8) is 0 Å². The minimum Gasteiger partial charge on any atom is -0.465 e. The fourth-order valence-electron chi connectivity index (χ4n) is 4.21. The SMILES string of the molecule is CCOC(=O)C1(C(=O)OCC)C[C@@H]2C[C@H]1CN2S(=O)(=O)c1ccc(C)cc1. The first-order valence-corrected chi connectivity index (χ1v) is 10.6. The van der Waals surface area contributed by atoms with Gasteiger partial charge in [0, 0.05) is 18.5 Å². The zero-order chi connectivity index (χ0) is 19.8. The normalized spacial score (nSPS) is 24.0. The van der Waals surface area contributed by atoms with E-state index in [4.69, 9.17) is 9.47 Å². The molecular formula is C19H25NO6S. The minimum absolute atomic E-state index is 0.0976. The van der Waals surface area contributed by atoms with Gasteiger partial charge in [0.2, 0.25) is 10.0 Å². The highest BCUT2D eigenvalue weighted by Gasteiger charge is 2.66. The summed E-state index contributed by atoms with van der Waals surface area (Å²) in [6.45, 7) is 5.67. The summed E-state index contributed by atoms with van der Waals surface area (Å²) in [5.41, 5.74) is -0.434. The highest BCUT2D eigenvalue weighted by Crippen LogP contribution is 2.53. The van der Waals surface area contributed by atoms with E-state index in [2.05, 4.69) is 0 Å². The van der Waals surface area contributed by atoms with E-state index in [1.54, 1.807) is 38.1 Å². The summed E-state index contributed by atoms with van der Waals surface area (Å²) < 4.78 is 37.8. The van der Waals surface area contributed by atoms with Crippen LogP contribution in [0.5, 0.6) is 0 Å². The Morgan fingerprint density at radius 1 is 1.11 bits per heavy atom. The van der Waals surface area contributed by atoms with E-state index in [-0.39, 0.29) is 31.1 Å². The number of rotatable bonds is 6. The van der Waals surface area contributed by atoms with Gasteiger partial charge in [-0.05, 0) is 45.7 Å². The molecule has 2 bridgehead atoms. The predicted octanol–water partition coefficient (Wildman–Crippen LogP) is 1.89. The zero-order valence-corrected chi connectivity index (χ0v) is 16.6. The summed E-state index contributed by atoms with van der Waals surface area (Å²) in [4.78, 5) is 25.5. The zero-order valence-electron chi connectivity index (χ0n) is 15.8. The average molecular weight is 395 g/mol. The summed E-state index contributed by atoms with van der Waals surface area (Å²) in [6.07, 6.45) is 0.545. The molecular weight excluding hydrogens is 370 g/mol. The molecule has 2 aliphatic rings. The summed E-state index contributed by atoms with van der Waals surface area (Å²) >= 11 is 0. The standard InChI is InChI=1S/C19H25NO6S/c1-4-25-17(21)19(18(22)26-5-2)11-15-10-14(19)12-20(15)27(23,24)16-8-6-13(3)7-9-16/h6-9,14-15H,4-5,10-12H2,1-3H3/t14-,15-/m0/s1. The third-order valence-corrected chi connectivity index (χ3v) is 7.46. The van der Waals surface area contributed by atoms with Crippen LogP contribution in [0.2, 0.25) is 0 Å². The lowest BCUT2D eigenvalue weighted by Crippen LogP contribution is -2.52. The Morgan fingerprint density at radius 2 is 1.67 bits per heavy atom. The molecule has 1 saturated heterocycles. The molecule has 0 unspecified atom stereocenters. The van der Waals surface area contributed by atoms with Gasteiger partial charge in [-0.1, -0.05) is 17.7 Å². The van der Waals surface area contributed by atoms with Gasteiger partial charge in [0.1, 0.15) is 0 Å². The van der Waals surface area contributed by atoms with Crippen LogP contribution in [0.4, 0.5) is 0 Å². The number of esters is 2. The first kappa shape index (κ1) is 19.8. The second kappa shape index (κ2) is 7.24. The Balaban J connectivity index is 1.89. The topological polar surface area (TPSA) is 90.0 Å². The Bertz CT molecular complexity index is 814. The molecule has 1 aromatic rings. The monoisotopic (exact) mass is 395 g/mol. The fourth-order valence-corrected chi connectivity index (χ4v) is 5.89. The van der Waals surface area contributed by atoms with Gasteiger partial charge in [-0.15, -0.1) is 0 Å². The van der Waals surface area contributed by atoms with E-state index in [1.807, 2.05) is 6.92 Å². The van der Waals surface area contributed by atoms with Crippen molar-refractivity contribution in [2.75, 3.05) is 19.8 Å². The van der Waals surface area contributed by atoms with E-state index in [9.17, 15) is 18.0 Å². The Kier molecular flexibility index (Phi) is 5.31. The third kappa shape index (κ3) is 3.14. The fraction of sp³-hybridized carbons (Fsp3) is 0.579. The molecule has 1 saturated carbocycles. The van der Waals surface area contributed by atoms with Crippen molar-refractivity contribution >= 4 is 22.0 Å². The van der Waals surface area contributed by atoms with Crippen LogP contribution in [0.15, 0.2) is 29.2 Å². The molecule has 8 heteroatoms. The van der Waals surface area contributed by atoms with Crippen molar-refractivity contribution < 1.29 is 27.5 Å². The van der Waals surface area contributed by atoms with E-state index in [0.717, 1.165) is 5.56 Å². The number of ether oxygens (including phenoxy) is 2. The molecule has 1 aliphatic heterocycles. The van der Waals surface area contributed by atoms with Gasteiger partial charge in [0.25, 0.3) is 0 Å². The van der Waals surface area contributed by atoms with Crippen molar-refractivity contribution in [3.8, 4) is 0 Å². The molecule has 0 aromatic heterocycles. The highest BCUT2D eigenvalue weighted by molar-refractivity contribution is 7.89. The summed E-state index contributed by atoms with van der Waals surface area (Å²) in [7, 11) is -3.68. The van der Waals surface area contributed by atoms with Crippen LogP contribution in [0, 0.1) is 18.3 Å². The lowest BCUT2D eigenvalue weighted by atomic mass is 9.76. The second-order valence-corrected chi connectivity index (χ2v) is 8.98. The second-order valence-electron chi connectivity index (χ2n) is 7.09. The predicted molar refractivity (Wildman–Crippen MR) is 97.3 cm³/mol. The molecule has 1 aromatic carbocycles. The molecule has 3 rings (SSSR count). The minimum atomic E-state index is -3.68. The lowest BCUT2D eigenvalue weighted by molar-refractivity contribution is -0.176. The number of piperidine rings is 1. The van der Waals surface area contributed by atoms with E-state index >= 15 is 0 Å². The quantitative estimate of drug-likeness (QED) is 0.540.